The summed E-state index contributed by atoms with van der Waals surface area (Å²) in [6.07, 6.45) is 12.7. The fourth-order valence-electron chi connectivity index (χ4n) is 16.1. The number of hydrogen-bond acceptors (Lipinski definition) is 34. The van der Waals surface area contributed by atoms with Gasteiger partial charge in [0.2, 0.25) is 17.6 Å². The molecule has 4 aliphatic rings. The SMILES string of the molecule is CO[C@H]1C[C@@H]2CCC[C@@](O)(O2)C(=O)C(=O)N2CCCC[C@H]2C(=O)O[C@H]([C@H](N)C[C@@H]2CC[C@H](n3cc(COC(=O)NCCOCCOCCOCCOCCC(=O)NCCOCCOCCOCCOCCC(=O)NCCCCn4nc(-c5ccc6oc(N)nc6c5)c5c(N)ncnc54)nn3)[C@H](OC)C2)CC(=O)[C@H](C)/C=C(\C)[C@@H](O)[C@@H](O)C(=O)[C@H](C)C[C@H](C)/C=C/C=CC=C1C. The molecule has 720 valence electrons. The summed E-state index contributed by atoms with van der Waals surface area (Å²) in [7, 11) is 3.12. The molecule has 1 aliphatic carbocycles. The highest BCUT2D eigenvalue weighted by molar-refractivity contribution is 6.39. The Labute approximate surface area is 757 Å². The predicted octanol–water partition coefficient (Wildman–Crippen LogP) is 5.41. The third-order valence-corrected chi connectivity index (χ3v) is 23.4. The van der Waals surface area contributed by atoms with E-state index in [0.717, 1.165) is 28.9 Å². The molecule has 130 heavy (non-hydrogen) atoms. The molecule has 14 atom stereocenters. The van der Waals surface area contributed by atoms with Gasteiger partial charge in [0.05, 0.1) is 142 Å². The third-order valence-electron chi connectivity index (χ3n) is 23.4. The molecule has 12 N–H and O–H groups in total. The molecule has 1 saturated carbocycles. The van der Waals surface area contributed by atoms with Gasteiger partial charge in [0.1, 0.15) is 65.8 Å². The first-order chi connectivity index (χ1) is 62.7. The minimum atomic E-state index is -2.47. The summed E-state index contributed by atoms with van der Waals surface area (Å²) in [5.41, 5.74) is 23.6. The van der Waals surface area contributed by atoms with E-state index in [9.17, 15) is 53.7 Å². The third kappa shape index (κ3) is 33.3. The molecule has 7 heterocycles. The van der Waals surface area contributed by atoms with Gasteiger partial charge in [0.25, 0.3) is 17.7 Å². The number of ether oxygens (including phenoxy) is 13. The maximum absolute atomic E-state index is 14.6. The number of anilines is 2. The molecular weight excluding hydrogens is 1690 g/mol. The Morgan fingerprint density at radius 3 is 2.03 bits per heavy atom. The van der Waals surface area contributed by atoms with Gasteiger partial charge in [-0.05, 0) is 132 Å². The van der Waals surface area contributed by atoms with E-state index in [1.165, 1.54) is 19.3 Å². The molecule has 0 unspecified atom stereocenters. The van der Waals surface area contributed by atoms with Crippen LogP contribution in [0.5, 0.6) is 0 Å². The van der Waals surface area contributed by atoms with E-state index in [4.69, 9.17) is 88.3 Å². The Morgan fingerprint density at radius 1 is 0.708 bits per heavy atom. The Hall–Kier alpha value is -9.50. The van der Waals surface area contributed by atoms with Gasteiger partial charge in [-0.2, -0.15) is 10.1 Å². The number of nitrogens with one attached hydrogen (secondary N) is 3. The van der Waals surface area contributed by atoms with Gasteiger partial charge in [-0.1, -0.05) is 62.4 Å². The van der Waals surface area contributed by atoms with Crippen LogP contribution in [0, 0.1) is 23.7 Å². The van der Waals surface area contributed by atoms with Crippen molar-refractivity contribution in [3.8, 4) is 11.3 Å². The first-order valence-electron chi connectivity index (χ1n) is 45.2. The summed E-state index contributed by atoms with van der Waals surface area (Å²) >= 11 is 0. The number of ketones is 3. The number of oxazole rings is 1. The average molecular weight is 1830 g/mol. The first kappa shape index (κ1) is 104. The number of aliphatic hydroxyl groups is 3. The van der Waals surface area contributed by atoms with Crippen LogP contribution in [0.15, 0.2) is 82.7 Å². The van der Waals surface area contributed by atoms with Crippen LogP contribution in [0.4, 0.5) is 16.6 Å². The molecule has 4 amide bonds. The van der Waals surface area contributed by atoms with Crippen LogP contribution in [0.2, 0.25) is 0 Å². The van der Waals surface area contributed by atoms with Gasteiger partial charge in [0.15, 0.2) is 17.0 Å². The van der Waals surface area contributed by atoms with Crippen molar-refractivity contribution in [3.63, 3.8) is 0 Å². The normalized spacial score (nSPS) is 24.8. The number of amides is 4. The molecule has 0 spiro atoms. The van der Waals surface area contributed by atoms with Gasteiger partial charge in [-0.3, -0.25) is 28.8 Å². The Balaban J connectivity index is 0.574. The van der Waals surface area contributed by atoms with Crippen LogP contribution in [0.1, 0.15) is 156 Å². The van der Waals surface area contributed by atoms with Crippen molar-refractivity contribution >= 4 is 81.1 Å². The number of methoxy groups -OCH3 is 2. The van der Waals surface area contributed by atoms with E-state index in [-0.39, 0.29) is 126 Å². The second-order valence-corrected chi connectivity index (χ2v) is 33.3. The zero-order chi connectivity index (χ0) is 93.3. The number of alkyl carbamates (subject to hydrolysis) is 1. The van der Waals surface area contributed by atoms with Gasteiger partial charge in [-0.15, -0.1) is 5.10 Å². The van der Waals surface area contributed by atoms with Crippen LogP contribution in [-0.2, 0) is 108 Å². The quantitative estimate of drug-likeness (QED) is 0.0102. The maximum Gasteiger partial charge on any atom is 0.407 e. The number of nitrogens with two attached hydrogens (primary N) is 3. The van der Waals surface area contributed by atoms with Crippen molar-refractivity contribution in [3.05, 3.63) is 84.0 Å². The van der Waals surface area contributed by atoms with Crippen molar-refractivity contribution in [1.29, 1.82) is 0 Å². The maximum atomic E-state index is 14.6. The molecule has 2 bridgehead atoms. The second kappa shape index (κ2) is 55.1. The summed E-state index contributed by atoms with van der Waals surface area (Å²) in [5.74, 6) is -8.37. The van der Waals surface area contributed by atoms with E-state index in [0.29, 0.717) is 190 Å². The summed E-state index contributed by atoms with van der Waals surface area (Å²) in [5, 5.41) is 56.8. The van der Waals surface area contributed by atoms with Gasteiger partial charge >= 0.3 is 12.1 Å². The number of piperidine rings is 1. The monoisotopic (exact) mass is 1830 g/mol. The highest BCUT2D eigenvalue weighted by atomic mass is 16.6. The molecule has 4 aromatic heterocycles. The van der Waals surface area contributed by atoms with Crippen molar-refractivity contribution in [2.24, 2.45) is 29.4 Å². The zero-order valence-corrected chi connectivity index (χ0v) is 76.0. The molecule has 5 aromatic rings. The van der Waals surface area contributed by atoms with Crippen molar-refractivity contribution < 1.29 is 120 Å². The lowest BCUT2D eigenvalue weighted by atomic mass is 9.79. The van der Waals surface area contributed by atoms with Crippen LogP contribution in [0.25, 0.3) is 33.4 Å². The number of nitrogens with zero attached hydrogens (tertiary/aromatic N) is 9. The van der Waals surface area contributed by atoms with Crippen molar-refractivity contribution in [2.45, 2.75) is 217 Å². The fraction of sp³-hybridized carbons (Fsp3) is 0.667. The molecule has 1 aromatic carbocycles. The fourth-order valence-corrected chi connectivity index (χ4v) is 16.1. The number of aryl methyl sites for hydroxylation is 1. The number of carbonyl (C=O) groups is 8. The summed E-state index contributed by atoms with van der Waals surface area (Å²) in [6.45, 7) is 15.0. The standard InChI is InChI=1S/C90H135N15O25/c1-58-16-9-8-10-17-59(2)73(117-6)53-66-18-15-26-90(116,130-66)83(112)86(113)103-30-13-11-19-70(103)87(114)128-74(54-71(106)60(3)49-62(5)81(110)82(111)80(109)61(4)48-58)67(91)50-63-20-22-69(75(51-63)118-7)105-55-65(100-102-105)56-127-89(115)96-29-35-122-39-43-126-47-45-124-41-37-120-33-25-77(108)95-28-34-121-38-42-125-46-44-123-40-36-119-32-24-76(107)94-27-12-14-31-104-85-78(84(92)97-57-98-85)79(101-104)64-21-23-72-68(52-64)99-88(93)129-72/h8-10,16-17,21,23,49,52,55,57-58,60-61,63,66-67,69-70,73-75,81-82,110-111,116H,11-15,18-20,22,24-48,50-51,53-54,56,91H2,1-7H3,(H2,93,99)(H,94,107)(H,95,108)(H,96,115)(H2,92,97,98)/b10-8?,16-9+,59-17?,62-49+/t58-,60-,61-,63+,66+,67-,69+,70+,73+,74+,75-,81-,82+,90-/m1/s1. The zero-order valence-electron chi connectivity index (χ0n) is 76.0. The Kier molecular flexibility index (Phi) is 44.2. The number of unbranched alkanes of at least 4 members (excludes halogenated alkanes) is 1. The van der Waals surface area contributed by atoms with Crippen molar-refractivity contribution in [1.82, 2.24) is 60.6 Å². The summed E-state index contributed by atoms with van der Waals surface area (Å²) in [6, 6.07) is 3.04. The lowest BCUT2D eigenvalue weighted by Gasteiger charge is -2.40. The number of benzene rings is 1. The van der Waals surface area contributed by atoms with Gasteiger partial charge in [0, 0.05) is 102 Å². The number of esters is 1. The lowest BCUT2D eigenvalue weighted by Crippen LogP contribution is -2.58. The smallest absolute Gasteiger partial charge is 0.407 e. The molecule has 40 nitrogen and oxygen atoms in total. The molecule has 0 radical (unpaired) electrons. The highest BCUT2D eigenvalue weighted by Crippen LogP contribution is 2.39. The Bertz CT molecular complexity index is 4520. The number of aromatic nitrogens is 8. The highest BCUT2D eigenvalue weighted by Gasteiger charge is 2.50. The number of rotatable bonds is 44. The van der Waals surface area contributed by atoms with E-state index in [1.807, 2.05) is 56.4 Å². The first-order valence-corrected chi connectivity index (χ1v) is 45.2. The molecular formula is C90H135N15O25. The van der Waals surface area contributed by atoms with Crippen LogP contribution >= 0.6 is 0 Å². The van der Waals surface area contributed by atoms with E-state index in [1.54, 1.807) is 49.7 Å². The number of fused-ring (bicyclic) bond motifs is 5. The number of allylic oxidation sites excluding steroid dienone is 6. The van der Waals surface area contributed by atoms with Crippen molar-refractivity contribution in [2.75, 3.05) is 158 Å². The second-order valence-electron chi connectivity index (χ2n) is 33.3. The van der Waals surface area contributed by atoms with E-state index < -0.39 is 108 Å². The number of hydrogen-bond donors (Lipinski definition) is 9. The number of carbonyl (C=O) groups excluding carboxylic acids is 8. The molecule has 3 aliphatic heterocycles. The molecule has 2 saturated heterocycles. The molecule has 3 fully saturated rings. The predicted molar refractivity (Wildman–Crippen MR) is 474 cm³/mol. The van der Waals surface area contributed by atoms with Gasteiger partial charge < -0.3 is 119 Å². The van der Waals surface area contributed by atoms with Gasteiger partial charge in [-0.25, -0.2) is 28.9 Å². The topological polar surface area (TPSA) is 535 Å². The summed E-state index contributed by atoms with van der Waals surface area (Å²) < 4.78 is 82.9. The number of cyclic esters (lactones) is 1. The summed E-state index contributed by atoms with van der Waals surface area (Å²) in [4.78, 5) is 122. The minimum absolute atomic E-state index is 0.00332. The number of nitrogen functional groups attached to an aromatic ring is 2. The van der Waals surface area contributed by atoms with Crippen LogP contribution in [0.3, 0.4) is 0 Å². The molecule has 40 heteroatoms. The molecule has 9 rings (SSSR count). The minimum Gasteiger partial charge on any atom is -0.459 e. The largest absolute Gasteiger partial charge is 0.459 e. The average Bonchev–Trinajstić information content (AvgIpc) is 1.59. The van der Waals surface area contributed by atoms with Crippen LogP contribution < -0.4 is 33.2 Å². The van der Waals surface area contributed by atoms with E-state index >= 15 is 0 Å². The van der Waals surface area contributed by atoms with E-state index in [2.05, 4.69) is 41.2 Å². The number of aliphatic hydroxyl groups excluding tert-OH is 2. The lowest BCUT2D eigenvalue weighted by molar-refractivity contribution is -0.245. The Morgan fingerprint density at radius 2 is 1.36 bits per heavy atom. The number of Topliss-reactive ketones (excluding diaryl/α,β-unsaturated/α-hetero) is 3. The van der Waals surface area contributed by atoms with Crippen LogP contribution in [-0.4, -0.2) is 308 Å².